The third kappa shape index (κ3) is 3.42. The molecule has 2 N–H and O–H groups in total. The van der Waals surface area contributed by atoms with Gasteiger partial charge in [0.25, 0.3) is 5.91 Å². The molecule has 1 aromatic rings. The van der Waals surface area contributed by atoms with E-state index in [2.05, 4.69) is 5.32 Å². The number of carbonyl (C=O) groups is 1. The molecular formula is C15H21NO4. The highest BCUT2D eigenvalue weighted by Crippen LogP contribution is 2.25. The Kier molecular flexibility index (Phi) is 4.84. The second kappa shape index (κ2) is 6.61. The second-order valence-corrected chi connectivity index (χ2v) is 5.07. The molecule has 5 nitrogen and oxygen atoms in total. The molecule has 0 radical (unpaired) electrons. The first-order valence-corrected chi connectivity index (χ1v) is 6.83. The number of aliphatic hydroxyl groups is 1. The minimum absolute atomic E-state index is 0.159. The van der Waals surface area contributed by atoms with E-state index in [1.54, 1.807) is 32.4 Å². The zero-order chi connectivity index (χ0) is 14.5. The zero-order valence-electron chi connectivity index (χ0n) is 11.9. The van der Waals surface area contributed by atoms with Crippen LogP contribution in [0.1, 0.15) is 29.6 Å². The lowest BCUT2D eigenvalue weighted by molar-refractivity contribution is 0.0916. The molecule has 1 saturated carbocycles. The van der Waals surface area contributed by atoms with Crippen molar-refractivity contribution in [2.24, 2.45) is 5.92 Å². The van der Waals surface area contributed by atoms with Gasteiger partial charge in [-0.3, -0.25) is 4.79 Å². The lowest BCUT2D eigenvalue weighted by Gasteiger charge is -2.15. The molecule has 110 valence electrons. The average molecular weight is 279 g/mol. The highest BCUT2D eigenvalue weighted by molar-refractivity contribution is 5.95. The van der Waals surface area contributed by atoms with Crippen LogP contribution in [0.15, 0.2) is 18.2 Å². The van der Waals surface area contributed by atoms with Crippen molar-refractivity contribution in [1.29, 1.82) is 0 Å². The fourth-order valence-electron chi connectivity index (χ4n) is 2.52. The number of aliphatic hydroxyl groups excluding tert-OH is 1. The monoisotopic (exact) mass is 279 g/mol. The van der Waals surface area contributed by atoms with Gasteiger partial charge in [0.1, 0.15) is 11.5 Å². The van der Waals surface area contributed by atoms with Gasteiger partial charge in [-0.2, -0.15) is 0 Å². The molecule has 1 fully saturated rings. The number of ether oxygens (including phenoxy) is 2. The Bertz CT molecular complexity index is 453. The average Bonchev–Trinajstić information content (AvgIpc) is 2.89. The molecule has 1 aliphatic carbocycles. The molecule has 0 bridgehead atoms. The van der Waals surface area contributed by atoms with Crippen LogP contribution < -0.4 is 14.8 Å². The number of rotatable bonds is 5. The predicted molar refractivity (Wildman–Crippen MR) is 75.2 cm³/mol. The van der Waals surface area contributed by atoms with E-state index in [9.17, 15) is 9.90 Å². The van der Waals surface area contributed by atoms with E-state index < -0.39 is 0 Å². The summed E-state index contributed by atoms with van der Waals surface area (Å²) in [5.41, 5.74) is 0.494. The molecule has 20 heavy (non-hydrogen) atoms. The van der Waals surface area contributed by atoms with Gasteiger partial charge >= 0.3 is 0 Å². The summed E-state index contributed by atoms with van der Waals surface area (Å²) in [5.74, 6) is 1.14. The number of benzene rings is 1. The van der Waals surface area contributed by atoms with Crippen molar-refractivity contribution < 1.29 is 19.4 Å². The molecule has 1 amide bonds. The Hall–Kier alpha value is -1.75. The van der Waals surface area contributed by atoms with Gasteiger partial charge in [-0.15, -0.1) is 0 Å². The van der Waals surface area contributed by atoms with E-state index in [4.69, 9.17) is 9.47 Å². The molecular weight excluding hydrogens is 258 g/mol. The van der Waals surface area contributed by atoms with Crippen molar-refractivity contribution in [2.75, 3.05) is 20.8 Å². The van der Waals surface area contributed by atoms with E-state index in [1.165, 1.54) is 0 Å². The molecule has 5 heteroatoms. The van der Waals surface area contributed by atoms with Crippen LogP contribution in [0.2, 0.25) is 0 Å². The molecule has 2 rings (SSSR count). The van der Waals surface area contributed by atoms with Gasteiger partial charge in [0.05, 0.1) is 20.3 Å². The normalized spacial score (nSPS) is 21.6. The molecule has 1 aliphatic rings. The standard InChI is InChI=1S/C15H21NO4/c1-19-12-6-11(7-13(8-12)20-2)15(18)16-9-10-4-3-5-14(10)17/h6-8,10,14,17H,3-5,9H2,1-2H3,(H,16,18). The Morgan fingerprint density at radius 2 is 1.90 bits per heavy atom. The topological polar surface area (TPSA) is 67.8 Å². The van der Waals surface area contributed by atoms with E-state index >= 15 is 0 Å². The summed E-state index contributed by atoms with van der Waals surface area (Å²) in [4.78, 5) is 12.1. The molecule has 0 saturated heterocycles. The van der Waals surface area contributed by atoms with Crippen molar-refractivity contribution in [3.05, 3.63) is 23.8 Å². The largest absolute Gasteiger partial charge is 0.497 e. The van der Waals surface area contributed by atoms with Gasteiger partial charge in [0, 0.05) is 24.1 Å². The van der Waals surface area contributed by atoms with Crippen molar-refractivity contribution in [3.63, 3.8) is 0 Å². The van der Waals surface area contributed by atoms with Crippen LogP contribution >= 0.6 is 0 Å². The predicted octanol–water partition coefficient (Wildman–Crippen LogP) is 1.59. The third-order valence-corrected chi connectivity index (χ3v) is 3.76. The maximum absolute atomic E-state index is 12.1. The highest BCUT2D eigenvalue weighted by Gasteiger charge is 2.25. The molecule has 0 aliphatic heterocycles. The van der Waals surface area contributed by atoms with Crippen LogP contribution in [0.4, 0.5) is 0 Å². The molecule has 1 aromatic carbocycles. The number of amides is 1. The Balaban J connectivity index is 2.01. The molecule has 2 atom stereocenters. The van der Waals surface area contributed by atoms with Gasteiger partial charge in [0.2, 0.25) is 0 Å². The summed E-state index contributed by atoms with van der Waals surface area (Å²) >= 11 is 0. The summed E-state index contributed by atoms with van der Waals surface area (Å²) in [6, 6.07) is 5.06. The molecule has 0 heterocycles. The van der Waals surface area contributed by atoms with Crippen molar-refractivity contribution >= 4 is 5.91 Å². The van der Waals surface area contributed by atoms with Crippen molar-refractivity contribution in [3.8, 4) is 11.5 Å². The smallest absolute Gasteiger partial charge is 0.251 e. The number of carbonyl (C=O) groups excluding carboxylic acids is 1. The maximum Gasteiger partial charge on any atom is 0.251 e. The van der Waals surface area contributed by atoms with Crippen LogP contribution in [0.5, 0.6) is 11.5 Å². The van der Waals surface area contributed by atoms with Gasteiger partial charge < -0.3 is 19.9 Å². The maximum atomic E-state index is 12.1. The summed E-state index contributed by atoms with van der Waals surface area (Å²) in [5, 5.41) is 12.6. The molecule has 2 unspecified atom stereocenters. The van der Waals surface area contributed by atoms with Gasteiger partial charge in [-0.05, 0) is 25.0 Å². The van der Waals surface area contributed by atoms with Crippen LogP contribution in [0.25, 0.3) is 0 Å². The Morgan fingerprint density at radius 1 is 1.25 bits per heavy atom. The zero-order valence-corrected chi connectivity index (χ0v) is 11.9. The van der Waals surface area contributed by atoms with Gasteiger partial charge in [-0.1, -0.05) is 6.42 Å². The van der Waals surface area contributed by atoms with Crippen LogP contribution in [-0.4, -0.2) is 37.9 Å². The third-order valence-electron chi connectivity index (χ3n) is 3.76. The second-order valence-electron chi connectivity index (χ2n) is 5.07. The minimum Gasteiger partial charge on any atom is -0.497 e. The SMILES string of the molecule is COc1cc(OC)cc(C(=O)NCC2CCCC2O)c1. The summed E-state index contributed by atoms with van der Waals surface area (Å²) in [6.07, 6.45) is 2.51. The Labute approximate surface area is 118 Å². The van der Waals surface area contributed by atoms with Crippen LogP contribution in [0, 0.1) is 5.92 Å². The number of nitrogens with one attached hydrogen (secondary N) is 1. The van der Waals surface area contributed by atoms with Gasteiger partial charge in [0.15, 0.2) is 0 Å². The van der Waals surface area contributed by atoms with E-state index in [-0.39, 0.29) is 17.9 Å². The minimum atomic E-state index is -0.296. The first kappa shape index (κ1) is 14.7. The summed E-state index contributed by atoms with van der Waals surface area (Å²) in [7, 11) is 3.09. The fourth-order valence-corrected chi connectivity index (χ4v) is 2.52. The van der Waals surface area contributed by atoms with Crippen LogP contribution in [-0.2, 0) is 0 Å². The first-order chi connectivity index (χ1) is 9.63. The van der Waals surface area contributed by atoms with E-state index in [0.717, 1.165) is 19.3 Å². The number of hydrogen-bond acceptors (Lipinski definition) is 4. The molecule has 0 aromatic heterocycles. The van der Waals surface area contributed by atoms with Crippen molar-refractivity contribution in [1.82, 2.24) is 5.32 Å². The summed E-state index contributed by atoms with van der Waals surface area (Å²) < 4.78 is 10.3. The molecule has 0 spiro atoms. The van der Waals surface area contributed by atoms with Gasteiger partial charge in [-0.25, -0.2) is 0 Å². The highest BCUT2D eigenvalue weighted by atomic mass is 16.5. The number of methoxy groups -OCH3 is 2. The summed E-state index contributed by atoms with van der Waals surface area (Å²) in [6.45, 7) is 0.500. The fraction of sp³-hybridized carbons (Fsp3) is 0.533. The first-order valence-electron chi connectivity index (χ1n) is 6.83. The van der Waals surface area contributed by atoms with Crippen LogP contribution in [0.3, 0.4) is 0 Å². The lowest BCUT2D eigenvalue weighted by atomic mass is 10.1. The lowest BCUT2D eigenvalue weighted by Crippen LogP contribution is -2.32. The Morgan fingerprint density at radius 3 is 2.40 bits per heavy atom. The van der Waals surface area contributed by atoms with Crippen molar-refractivity contribution in [2.45, 2.75) is 25.4 Å². The van der Waals surface area contributed by atoms with E-state index in [1.807, 2.05) is 0 Å². The quantitative estimate of drug-likeness (QED) is 0.859. The van der Waals surface area contributed by atoms with E-state index in [0.29, 0.717) is 23.6 Å². The number of hydrogen-bond donors (Lipinski definition) is 2.